The zero-order valence-corrected chi connectivity index (χ0v) is 17.4. The molecule has 168 valence electrons. The standard InChI is InChI=1S/C20H24F3N5O3/c1-13(9-16-26-24-12-27(16)2)14-5-4-6-15(10-14)25-18(30)28-8-7-19(11-28,17(29)31-3)20(21,22)23/h4-6,10,12-13H,7-9,11H2,1-3H3,(H,25,30)/t13-,19?/m1/s1. The Bertz CT molecular complexity index is 962. The molecule has 2 atom stereocenters. The Labute approximate surface area is 177 Å². The maximum Gasteiger partial charge on any atom is 0.406 e. The second-order valence-electron chi connectivity index (χ2n) is 7.76. The molecule has 1 aromatic carbocycles. The zero-order valence-electron chi connectivity index (χ0n) is 17.4. The van der Waals surface area contributed by atoms with Crippen LogP contribution >= 0.6 is 0 Å². The highest BCUT2D eigenvalue weighted by atomic mass is 19.4. The first-order valence-corrected chi connectivity index (χ1v) is 9.71. The average molecular weight is 439 g/mol. The van der Waals surface area contributed by atoms with Crippen molar-refractivity contribution in [3.05, 3.63) is 42.0 Å². The molecule has 31 heavy (non-hydrogen) atoms. The molecule has 2 heterocycles. The molecule has 8 nitrogen and oxygen atoms in total. The van der Waals surface area contributed by atoms with Crippen LogP contribution in [0.2, 0.25) is 0 Å². The van der Waals surface area contributed by atoms with E-state index in [1.54, 1.807) is 24.5 Å². The lowest BCUT2D eigenvalue weighted by Crippen LogP contribution is -2.48. The molecule has 1 fully saturated rings. The highest BCUT2D eigenvalue weighted by Gasteiger charge is 2.64. The van der Waals surface area contributed by atoms with E-state index in [-0.39, 0.29) is 12.5 Å². The van der Waals surface area contributed by atoms with Crippen LogP contribution in [0, 0.1) is 5.41 Å². The van der Waals surface area contributed by atoms with Crippen molar-refractivity contribution in [2.75, 3.05) is 25.5 Å². The third-order valence-corrected chi connectivity index (χ3v) is 5.68. The lowest BCUT2D eigenvalue weighted by Gasteiger charge is -2.28. The lowest BCUT2D eigenvalue weighted by atomic mass is 9.86. The Morgan fingerprint density at radius 3 is 2.71 bits per heavy atom. The quantitative estimate of drug-likeness (QED) is 0.723. The Balaban J connectivity index is 1.69. The molecular formula is C20H24F3N5O3. The van der Waals surface area contributed by atoms with Crippen LogP contribution in [-0.4, -0.2) is 58.0 Å². The van der Waals surface area contributed by atoms with Crippen LogP contribution in [0.25, 0.3) is 0 Å². The van der Waals surface area contributed by atoms with Crippen molar-refractivity contribution in [2.45, 2.75) is 31.9 Å². The van der Waals surface area contributed by atoms with Gasteiger partial charge in [0.1, 0.15) is 12.2 Å². The summed E-state index contributed by atoms with van der Waals surface area (Å²) >= 11 is 0. The van der Waals surface area contributed by atoms with Crippen molar-refractivity contribution in [3.63, 3.8) is 0 Å². The minimum absolute atomic E-state index is 0.0729. The van der Waals surface area contributed by atoms with E-state index in [0.717, 1.165) is 23.4 Å². The molecule has 11 heteroatoms. The number of anilines is 1. The molecule has 0 spiro atoms. The number of benzene rings is 1. The van der Waals surface area contributed by atoms with E-state index >= 15 is 0 Å². The van der Waals surface area contributed by atoms with Crippen LogP contribution in [0.4, 0.5) is 23.7 Å². The second kappa shape index (κ2) is 8.56. The maximum atomic E-state index is 13.6. The zero-order chi connectivity index (χ0) is 22.8. The Morgan fingerprint density at radius 1 is 1.35 bits per heavy atom. The Hall–Kier alpha value is -3.11. The van der Waals surface area contributed by atoms with E-state index in [0.29, 0.717) is 12.1 Å². The van der Waals surface area contributed by atoms with Crippen molar-refractivity contribution in [1.82, 2.24) is 19.7 Å². The number of likely N-dealkylation sites (tertiary alicyclic amines) is 1. The van der Waals surface area contributed by atoms with Gasteiger partial charge in [-0.25, -0.2) is 4.79 Å². The number of hydrogen-bond acceptors (Lipinski definition) is 5. The number of amides is 2. The summed E-state index contributed by atoms with van der Waals surface area (Å²) < 4.78 is 46.9. The summed E-state index contributed by atoms with van der Waals surface area (Å²) in [5, 5.41) is 10.6. The number of ether oxygens (including phenoxy) is 1. The van der Waals surface area contributed by atoms with Gasteiger partial charge in [-0.1, -0.05) is 19.1 Å². The summed E-state index contributed by atoms with van der Waals surface area (Å²) in [6.45, 7) is 1.02. The third kappa shape index (κ3) is 4.49. The van der Waals surface area contributed by atoms with E-state index in [1.807, 2.05) is 24.6 Å². The first-order valence-electron chi connectivity index (χ1n) is 9.71. The molecule has 1 aliphatic rings. The maximum absolute atomic E-state index is 13.6. The Kier molecular flexibility index (Phi) is 6.23. The van der Waals surface area contributed by atoms with Crippen molar-refractivity contribution < 1.29 is 27.5 Å². The molecule has 2 amide bonds. The van der Waals surface area contributed by atoms with Gasteiger partial charge in [-0.2, -0.15) is 13.2 Å². The average Bonchev–Trinajstić information content (AvgIpc) is 3.35. The van der Waals surface area contributed by atoms with Gasteiger partial charge in [-0.3, -0.25) is 4.79 Å². The number of carbonyl (C=O) groups excluding carboxylic acids is 2. The molecule has 0 radical (unpaired) electrons. The fraction of sp³-hybridized carbons (Fsp3) is 0.500. The largest absolute Gasteiger partial charge is 0.468 e. The van der Waals surface area contributed by atoms with Gasteiger partial charge in [-0.15, -0.1) is 10.2 Å². The first-order chi connectivity index (χ1) is 14.6. The summed E-state index contributed by atoms with van der Waals surface area (Å²) in [4.78, 5) is 25.5. The van der Waals surface area contributed by atoms with Crippen molar-refractivity contribution in [2.24, 2.45) is 12.5 Å². The molecule has 2 aromatic rings. The van der Waals surface area contributed by atoms with Crippen LogP contribution in [0.15, 0.2) is 30.6 Å². The lowest BCUT2D eigenvalue weighted by molar-refractivity contribution is -0.228. The van der Waals surface area contributed by atoms with Crippen LogP contribution < -0.4 is 5.32 Å². The van der Waals surface area contributed by atoms with Gasteiger partial charge in [-0.05, 0) is 30.0 Å². The van der Waals surface area contributed by atoms with Crippen LogP contribution in [0.1, 0.15) is 30.7 Å². The Morgan fingerprint density at radius 2 is 2.10 bits per heavy atom. The van der Waals surface area contributed by atoms with Gasteiger partial charge < -0.3 is 19.5 Å². The van der Waals surface area contributed by atoms with E-state index < -0.39 is 36.6 Å². The number of nitrogens with one attached hydrogen (secondary N) is 1. The first kappa shape index (κ1) is 22.6. The fourth-order valence-corrected chi connectivity index (χ4v) is 3.70. The van der Waals surface area contributed by atoms with Crippen molar-refractivity contribution in [1.29, 1.82) is 0 Å². The van der Waals surface area contributed by atoms with Crippen LogP contribution in [0.3, 0.4) is 0 Å². The van der Waals surface area contributed by atoms with Crippen molar-refractivity contribution >= 4 is 17.7 Å². The smallest absolute Gasteiger partial charge is 0.406 e. The summed E-state index contributed by atoms with van der Waals surface area (Å²) in [5.74, 6) is -0.496. The van der Waals surface area contributed by atoms with Crippen LogP contribution in [-0.2, 0) is 23.0 Å². The van der Waals surface area contributed by atoms with Crippen molar-refractivity contribution in [3.8, 4) is 0 Å². The summed E-state index contributed by atoms with van der Waals surface area (Å²) in [6.07, 6.45) is -3.10. The second-order valence-corrected chi connectivity index (χ2v) is 7.76. The topological polar surface area (TPSA) is 89.3 Å². The van der Waals surface area contributed by atoms with E-state index in [2.05, 4.69) is 20.3 Å². The normalized spacial score (nSPS) is 19.9. The third-order valence-electron chi connectivity index (χ3n) is 5.68. The molecular weight excluding hydrogens is 415 g/mol. The summed E-state index contributed by atoms with van der Waals surface area (Å²) in [5.41, 5.74) is -1.32. The highest BCUT2D eigenvalue weighted by Crippen LogP contribution is 2.46. The van der Waals surface area contributed by atoms with Gasteiger partial charge >= 0.3 is 18.2 Å². The fourth-order valence-electron chi connectivity index (χ4n) is 3.70. The SMILES string of the molecule is COC(=O)C1(C(F)(F)F)CCN(C(=O)Nc2cccc([C@H](C)Cc3nncn3C)c2)C1. The number of esters is 1. The molecule has 0 aliphatic carbocycles. The number of hydrogen-bond donors (Lipinski definition) is 1. The minimum atomic E-state index is -4.82. The predicted molar refractivity (Wildman–Crippen MR) is 105 cm³/mol. The number of nitrogens with zero attached hydrogens (tertiary/aromatic N) is 4. The minimum Gasteiger partial charge on any atom is -0.468 e. The van der Waals surface area contributed by atoms with Gasteiger partial charge in [0.2, 0.25) is 0 Å². The molecule has 0 bridgehead atoms. The van der Waals surface area contributed by atoms with Gasteiger partial charge in [0.05, 0.1) is 7.11 Å². The highest BCUT2D eigenvalue weighted by molar-refractivity contribution is 5.90. The number of rotatable bonds is 5. The molecule has 1 unspecified atom stereocenters. The van der Waals surface area contributed by atoms with E-state index in [9.17, 15) is 22.8 Å². The number of urea groups is 1. The number of carbonyl (C=O) groups is 2. The molecule has 1 aliphatic heterocycles. The molecule has 3 rings (SSSR count). The molecule has 1 aromatic heterocycles. The van der Waals surface area contributed by atoms with Gasteiger partial charge in [0.25, 0.3) is 0 Å². The number of aromatic nitrogens is 3. The number of alkyl halides is 3. The number of aryl methyl sites for hydroxylation is 1. The monoisotopic (exact) mass is 439 g/mol. The number of halogens is 3. The molecule has 0 saturated carbocycles. The van der Waals surface area contributed by atoms with Gasteiger partial charge in [0, 0.05) is 32.2 Å². The molecule has 1 N–H and O–H groups in total. The van der Waals surface area contributed by atoms with E-state index in [4.69, 9.17) is 0 Å². The summed E-state index contributed by atoms with van der Waals surface area (Å²) in [6, 6.07) is 6.39. The summed E-state index contributed by atoms with van der Waals surface area (Å²) in [7, 11) is 2.76. The predicted octanol–water partition coefficient (Wildman–Crippen LogP) is 3.12. The number of methoxy groups -OCH3 is 1. The molecule has 1 saturated heterocycles. The van der Waals surface area contributed by atoms with Gasteiger partial charge in [0.15, 0.2) is 5.41 Å². The van der Waals surface area contributed by atoms with E-state index in [1.165, 1.54) is 0 Å². The van der Waals surface area contributed by atoms with Crippen LogP contribution in [0.5, 0.6) is 0 Å².